The topological polar surface area (TPSA) is 93.4 Å². The number of nitrogens with zero attached hydrogens (tertiary/aromatic N) is 3. The number of aromatic nitrogens is 2. The molecule has 0 spiro atoms. The Morgan fingerprint density at radius 2 is 1.89 bits per heavy atom. The third kappa shape index (κ3) is 3.48. The molecule has 7 nitrogen and oxygen atoms in total. The molecule has 28 heavy (non-hydrogen) atoms. The van der Waals surface area contributed by atoms with E-state index in [2.05, 4.69) is 27.4 Å². The Morgan fingerprint density at radius 1 is 1.18 bits per heavy atom. The van der Waals surface area contributed by atoms with E-state index in [0.29, 0.717) is 11.5 Å². The summed E-state index contributed by atoms with van der Waals surface area (Å²) in [4.78, 5) is 22.9. The standard InChI is InChI=1S/C21H27N5O2/c1-21(2)18(14-6-4-3-5-7-14)26(20(27)28-21)16-10-8-15(9-11-16)25-19-17(22)12-23-13-24-19/h3-7,12-13,15-16,18H,8-11,22H2,1-2H3,(H,23,24,25)/t15?,16?,18-/m0/s1. The molecule has 1 atom stereocenters. The molecule has 0 unspecified atom stereocenters. The van der Waals surface area contributed by atoms with Crippen molar-refractivity contribution in [3.63, 3.8) is 0 Å². The molecule has 7 heteroatoms. The number of carbonyl (C=O) groups is 1. The molecule has 2 fully saturated rings. The number of carbonyl (C=O) groups excluding carboxylic acids is 1. The van der Waals surface area contributed by atoms with E-state index in [-0.39, 0.29) is 24.2 Å². The van der Waals surface area contributed by atoms with E-state index < -0.39 is 5.60 Å². The third-order valence-electron chi connectivity index (χ3n) is 5.78. The largest absolute Gasteiger partial charge is 0.441 e. The lowest BCUT2D eigenvalue weighted by atomic mass is 9.86. The smallest absolute Gasteiger partial charge is 0.411 e. The van der Waals surface area contributed by atoms with E-state index in [0.717, 1.165) is 31.2 Å². The maximum absolute atomic E-state index is 12.7. The molecule has 3 N–H and O–H groups in total. The second-order valence-electron chi connectivity index (χ2n) is 8.17. The van der Waals surface area contributed by atoms with Crippen LogP contribution in [0.2, 0.25) is 0 Å². The van der Waals surface area contributed by atoms with Gasteiger partial charge in [-0.2, -0.15) is 0 Å². The zero-order valence-electron chi connectivity index (χ0n) is 16.3. The van der Waals surface area contributed by atoms with Crippen molar-refractivity contribution in [3.8, 4) is 0 Å². The first-order valence-electron chi connectivity index (χ1n) is 9.84. The predicted octanol–water partition coefficient (Wildman–Crippen LogP) is 3.75. The molecular weight excluding hydrogens is 354 g/mol. The number of rotatable bonds is 4. The minimum Gasteiger partial charge on any atom is -0.441 e. The number of nitrogen functional groups attached to an aromatic ring is 1. The van der Waals surface area contributed by atoms with Gasteiger partial charge in [0.1, 0.15) is 11.9 Å². The number of amides is 1. The number of cyclic esters (lactones) is 1. The summed E-state index contributed by atoms with van der Waals surface area (Å²) in [6, 6.07) is 10.6. The summed E-state index contributed by atoms with van der Waals surface area (Å²) in [5.41, 5.74) is 7.06. The van der Waals surface area contributed by atoms with Crippen LogP contribution in [0.5, 0.6) is 0 Å². The molecule has 1 saturated heterocycles. The van der Waals surface area contributed by atoms with Crippen molar-refractivity contribution in [2.24, 2.45) is 0 Å². The average Bonchev–Trinajstić information content (AvgIpc) is 2.93. The van der Waals surface area contributed by atoms with Gasteiger partial charge in [-0.3, -0.25) is 4.90 Å². The molecular formula is C21H27N5O2. The molecule has 4 rings (SSSR count). The van der Waals surface area contributed by atoms with Gasteiger partial charge in [0.25, 0.3) is 0 Å². The fourth-order valence-corrected chi connectivity index (χ4v) is 4.48. The van der Waals surface area contributed by atoms with Gasteiger partial charge in [0.05, 0.1) is 17.9 Å². The van der Waals surface area contributed by atoms with Crippen LogP contribution in [0, 0.1) is 0 Å². The second kappa shape index (κ2) is 7.30. The highest BCUT2D eigenvalue weighted by Gasteiger charge is 2.51. The van der Waals surface area contributed by atoms with Crippen LogP contribution in [0.3, 0.4) is 0 Å². The molecule has 2 heterocycles. The number of nitrogens with one attached hydrogen (secondary N) is 1. The van der Waals surface area contributed by atoms with Crippen LogP contribution in [0.1, 0.15) is 51.1 Å². The number of anilines is 2. The molecule has 1 saturated carbocycles. The minimum absolute atomic E-state index is 0.0757. The maximum atomic E-state index is 12.7. The highest BCUT2D eigenvalue weighted by molar-refractivity contribution is 5.72. The SMILES string of the molecule is CC1(C)OC(=O)N(C2CCC(Nc3ncncc3N)CC2)[C@H]1c1ccccc1. The van der Waals surface area contributed by atoms with Crippen molar-refractivity contribution >= 4 is 17.6 Å². The summed E-state index contributed by atoms with van der Waals surface area (Å²) in [5, 5.41) is 3.42. The monoisotopic (exact) mass is 381 g/mol. The normalized spacial score (nSPS) is 26.7. The third-order valence-corrected chi connectivity index (χ3v) is 5.78. The van der Waals surface area contributed by atoms with E-state index in [1.54, 1.807) is 6.20 Å². The van der Waals surface area contributed by atoms with Gasteiger partial charge >= 0.3 is 6.09 Å². The van der Waals surface area contributed by atoms with Gasteiger partial charge < -0.3 is 15.8 Å². The van der Waals surface area contributed by atoms with Crippen molar-refractivity contribution in [2.45, 2.75) is 63.3 Å². The molecule has 0 bridgehead atoms. The Labute approximate surface area is 165 Å². The van der Waals surface area contributed by atoms with Crippen molar-refractivity contribution in [2.75, 3.05) is 11.1 Å². The molecule has 1 aromatic carbocycles. The lowest BCUT2D eigenvalue weighted by Crippen LogP contribution is -2.44. The van der Waals surface area contributed by atoms with E-state index in [4.69, 9.17) is 10.5 Å². The summed E-state index contributed by atoms with van der Waals surface area (Å²) in [7, 11) is 0. The lowest BCUT2D eigenvalue weighted by molar-refractivity contribution is 0.0664. The maximum Gasteiger partial charge on any atom is 0.411 e. The number of nitrogens with two attached hydrogens (primary N) is 1. The van der Waals surface area contributed by atoms with Crippen molar-refractivity contribution in [1.29, 1.82) is 0 Å². The van der Waals surface area contributed by atoms with Crippen molar-refractivity contribution in [3.05, 3.63) is 48.4 Å². The van der Waals surface area contributed by atoms with E-state index in [1.807, 2.05) is 36.9 Å². The Kier molecular flexibility index (Phi) is 4.83. The van der Waals surface area contributed by atoms with E-state index in [1.165, 1.54) is 6.33 Å². The summed E-state index contributed by atoms with van der Waals surface area (Å²) in [6.07, 6.45) is 6.61. The first kappa shape index (κ1) is 18.5. The molecule has 0 radical (unpaired) electrons. The summed E-state index contributed by atoms with van der Waals surface area (Å²) >= 11 is 0. The summed E-state index contributed by atoms with van der Waals surface area (Å²) in [6.45, 7) is 3.99. The average molecular weight is 381 g/mol. The van der Waals surface area contributed by atoms with Crippen molar-refractivity contribution in [1.82, 2.24) is 14.9 Å². The number of hydrogen-bond donors (Lipinski definition) is 2. The number of benzene rings is 1. The number of hydrogen-bond acceptors (Lipinski definition) is 6. The molecule has 148 valence electrons. The Bertz CT molecular complexity index is 834. The van der Waals surface area contributed by atoms with Gasteiger partial charge in [0.2, 0.25) is 0 Å². The van der Waals surface area contributed by atoms with Gasteiger partial charge in [-0.15, -0.1) is 0 Å². The molecule has 2 aliphatic rings. The van der Waals surface area contributed by atoms with Crippen LogP contribution >= 0.6 is 0 Å². The molecule has 2 aromatic rings. The van der Waals surface area contributed by atoms with Crippen LogP contribution < -0.4 is 11.1 Å². The Hall–Kier alpha value is -2.83. The first-order valence-corrected chi connectivity index (χ1v) is 9.84. The lowest BCUT2D eigenvalue weighted by Gasteiger charge is -2.38. The predicted molar refractivity (Wildman–Crippen MR) is 108 cm³/mol. The van der Waals surface area contributed by atoms with Gasteiger partial charge in [-0.25, -0.2) is 14.8 Å². The van der Waals surface area contributed by atoms with Crippen LogP contribution in [0.25, 0.3) is 0 Å². The van der Waals surface area contributed by atoms with E-state index >= 15 is 0 Å². The zero-order chi connectivity index (χ0) is 19.7. The van der Waals surface area contributed by atoms with Gasteiger partial charge in [0.15, 0.2) is 5.82 Å². The Morgan fingerprint density at radius 3 is 2.57 bits per heavy atom. The highest BCUT2D eigenvalue weighted by atomic mass is 16.6. The fourth-order valence-electron chi connectivity index (χ4n) is 4.48. The van der Waals surface area contributed by atoms with Crippen LogP contribution in [-0.4, -0.2) is 38.6 Å². The molecule has 1 aliphatic carbocycles. The van der Waals surface area contributed by atoms with Crippen LogP contribution in [-0.2, 0) is 4.74 Å². The fraction of sp³-hybridized carbons (Fsp3) is 0.476. The minimum atomic E-state index is -0.553. The van der Waals surface area contributed by atoms with Gasteiger partial charge in [-0.05, 0) is 45.1 Å². The molecule has 1 aromatic heterocycles. The van der Waals surface area contributed by atoms with Gasteiger partial charge in [0, 0.05) is 12.1 Å². The first-order chi connectivity index (χ1) is 13.5. The summed E-state index contributed by atoms with van der Waals surface area (Å²) in [5.74, 6) is 0.683. The molecule has 1 amide bonds. The van der Waals surface area contributed by atoms with E-state index in [9.17, 15) is 4.79 Å². The zero-order valence-corrected chi connectivity index (χ0v) is 16.3. The van der Waals surface area contributed by atoms with Crippen LogP contribution in [0.15, 0.2) is 42.9 Å². The van der Waals surface area contributed by atoms with Gasteiger partial charge in [-0.1, -0.05) is 30.3 Å². The van der Waals surface area contributed by atoms with Crippen molar-refractivity contribution < 1.29 is 9.53 Å². The highest BCUT2D eigenvalue weighted by Crippen LogP contribution is 2.44. The Balaban J connectivity index is 1.47. The number of ether oxygens (including phenoxy) is 1. The van der Waals surface area contributed by atoms with Crippen LogP contribution in [0.4, 0.5) is 16.3 Å². The second-order valence-corrected chi connectivity index (χ2v) is 8.17. The quantitative estimate of drug-likeness (QED) is 0.838. The summed E-state index contributed by atoms with van der Waals surface area (Å²) < 4.78 is 5.76. The molecule has 1 aliphatic heterocycles.